The van der Waals surface area contributed by atoms with E-state index in [0.717, 1.165) is 16.8 Å². The number of hydrogen-bond acceptors (Lipinski definition) is 3. The molecule has 0 saturated carbocycles. The minimum atomic E-state index is -0.496. The molecule has 0 aromatic heterocycles. The second kappa shape index (κ2) is 7.93. The highest BCUT2D eigenvalue weighted by atomic mass is 16.5. The van der Waals surface area contributed by atoms with Crippen LogP contribution in [0.4, 0.5) is 5.69 Å². The van der Waals surface area contributed by atoms with Gasteiger partial charge in [-0.15, -0.1) is 0 Å². The predicted octanol–water partition coefficient (Wildman–Crippen LogP) is 3.97. The van der Waals surface area contributed by atoms with E-state index >= 15 is 0 Å². The third kappa shape index (κ3) is 4.78. The van der Waals surface area contributed by atoms with E-state index in [1.165, 1.54) is 5.56 Å². The van der Waals surface area contributed by atoms with E-state index in [1.54, 1.807) is 18.3 Å². The average molecular weight is 330 g/mol. The molecule has 0 radical (unpaired) electrons. The van der Waals surface area contributed by atoms with Crippen molar-refractivity contribution in [3.05, 3.63) is 84.4 Å². The first-order chi connectivity index (χ1) is 12.2. The van der Waals surface area contributed by atoms with Crippen molar-refractivity contribution in [3.63, 3.8) is 0 Å². The van der Waals surface area contributed by atoms with Crippen molar-refractivity contribution < 1.29 is 9.53 Å². The number of primary amides is 1. The van der Waals surface area contributed by atoms with Crippen molar-refractivity contribution in [1.29, 1.82) is 0 Å². The molecule has 0 aliphatic heterocycles. The Morgan fingerprint density at radius 2 is 1.52 bits per heavy atom. The van der Waals surface area contributed by atoms with Crippen LogP contribution in [0.5, 0.6) is 5.75 Å². The lowest BCUT2D eigenvalue weighted by molar-refractivity contribution is -0.119. The molecule has 3 aromatic carbocycles. The molecular formula is C21H18N2O2. The van der Waals surface area contributed by atoms with Gasteiger partial charge in [-0.1, -0.05) is 42.5 Å². The Balaban J connectivity index is 1.64. The van der Waals surface area contributed by atoms with Gasteiger partial charge in [0.15, 0.2) is 6.61 Å². The lowest BCUT2D eigenvalue weighted by Crippen LogP contribution is -2.19. The Kier molecular flexibility index (Phi) is 5.22. The van der Waals surface area contributed by atoms with E-state index in [9.17, 15) is 4.79 Å². The monoisotopic (exact) mass is 330 g/mol. The highest BCUT2D eigenvalue weighted by Gasteiger charge is 1.98. The standard InChI is InChI=1S/C21H18N2O2/c22-21(24)15-25-20-12-6-16(7-13-20)14-23-19-10-8-18(9-11-19)17-4-2-1-3-5-17/h1-14H,15H2,(H2,22,24). The van der Waals surface area contributed by atoms with Crippen molar-refractivity contribution in [1.82, 2.24) is 0 Å². The summed E-state index contributed by atoms with van der Waals surface area (Å²) in [5.41, 5.74) is 9.22. The van der Waals surface area contributed by atoms with Gasteiger partial charge >= 0.3 is 0 Å². The zero-order valence-corrected chi connectivity index (χ0v) is 13.6. The second-order valence-electron chi connectivity index (χ2n) is 5.50. The zero-order valence-electron chi connectivity index (χ0n) is 13.6. The third-order valence-corrected chi connectivity index (χ3v) is 3.60. The van der Waals surface area contributed by atoms with Gasteiger partial charge in [0, 0.05) is 6.21 Å². The van der Waals surface area contributed by atoms with Crippen LogP contribution in [0.1, 0.15) is 5.56 Å². The fraction of sp³-hybridized carbons (Fsp3) is 0.0476. The summed E-state index contributed by atoms with van der Waals surface area (Å²) in [5.74, 6) is 0.104. The smallest absolute Gasteiger partial charge is 0.255 e. The Labute approximate surface area is 146 Å². The summed E-state index contributed by atoms with van der Waals surface area (Å²) in [4.78, 5) is 15.2. The summed E-state index contributed by atoms with van der Waals surface area (Å²) in [6.45, 7) is -0.124. The highest BCUT2D eigenvalue weighted by Crippen LogP contribution is 2.22. The molecule has 0 heterocycles. The van der Waals surface area contributed by atoms with Crippen molar-refractivity contribution in [2.45, 2.75) is 0 Å². The maximum atomic E-state index is 10.7. The van der Waals surface area contributed by atoms with Gasteiger partial charge in [0.2, 0.25) is 0 Å². The van der Waals surface area contributed by atoms with Crippen molar-refractivity contribution in [3.8, 4) is 16.9 Å². The van der Waals surface area contributed by atoms with Crippen LogP contribution in [-0.2, 0) is 4.79 Å². The Hall–Kier alpha value is -3.40. The molecular weight excluding hydrogens is 312 g/mol. The first-order valence-corrected chi connectivity index (χ1v) is 7.91. The number of aliphatic imine (C=N–C) groups is 1. The fourth-order valence-electron chi connectivity index (χ4n) is 2.32. The van der Waals surface area contributed by atoms with Crippen LogP contribution < -0.4 is 10.5 Å². The summed E-state index contributed by atoms with van der Waals surface area (Å²) >= 11 is 0. The summed E-state index contributed by atoms with van der Waals surface area (Å²) < 4.78 is 5.22. The van der Waals surface area contributed by atoms with E-state index in [1.807, 2.05) is 42.5 Å². The topological polar surface area (TPSA) is 64.7 Å². The maximum absolute atomic E-state index is 10.7. The molecule has 0 saturated heterocycles. The molecule has 0 spiro atoms. The molecule has 0 unspecified atom stereocenters. The molecule has 25 heavy (non-hydrogen) atoms. The molecule has 0 aliphatic carbocycles. The van der Waals surface area contributed by atoms with Crippen LogP contribution in [0.3, 0.4) is 0 Å². The zero-order chi connectivity index (χ0) is 17.5. The normalized spacial score (nSPS) is 10.7. The van der Waals surface area contributed by atoms with Crippen LogP contribution >= 0.6 is 0 Å². The molecule has 124 valence electrons. The van der Waals surface area contributed by atoms with Gasteiger partial charge in [0.25, 0.3) is 5.91 Å². The second-order valence-corrected chi connectivity index (χ2v) is 5.50. The number of carbonyl (C=O) groups is 1. The molecule has 1 amide bonds. The van der Waals surface area contributed by atoms with Crippen LogP contribution in [0, 0.1) is 0 Å². The number of nitrogens with zero attached hydrogens (tertiary/aromatic N) is 1. The summed E-state index contributed by atoms with van der Waals surface area (Å²) in [5, 5.41) is 0. The summed E-state index contributed by atoms with van der Waals surface area (Å²) in [6, 6.07) is 25.6. The fourth-order valence-corrected chi connectivity index (χ4v) is 2.32. The Morgan fingerprint density at radius 3 is 2.16 bits per heavy atom. The van der Waals surface area contributed by atoms with Crippen LogP contribution in [0.2, 0.25) is 0 Å². The minimum absolute atomic E-state index is 0.124. The van der Waals surface area contributed by atoms with E-state index in [2.05, 4.69) is 29.3 Å². The predicted molar refractivity (Wildman–Crippen MR) is 100 cm³/mol. The van der Waals surface area contributed by atoms with Crippen LogP contribution in [0.25, 0.3) is 11.1 Å². The van der Waals surface area contributed by atoms with Crippen molar-refractivity contribution in [2.75, 3.05) is 6.61 Å². The number of rotatable bonds is 6. The van der Waals surface area contributed by atoms with E-state index < -0.39 is 5.91 Å². The molecule has 0 fully saturated rings. The van der Waals surface area contributed by atoms with Crippen LogP contribution in [-0.4, -0.2) is 18.7 Å². The lowest BCUT2D eigenvalue weighted by atomic mass is 10.1. The van der Waals surface area contributed by atoms with E-state index in [4.69, 9.17) is 10.5 Å². The van der Waals surface area contributed by atoms with Crippen molar-refractivity contribution in [2.24, 2.45) is 10.7 Å². The van der Waals surface area contributed by atoms with E-state index in [-0.39, 0.29) is 6.61 Å². The van der Waals surface area contributed by atoms with Crippen LogP contribution in [0.15, 0.2) is 83.9 Å². The number of benzene rings is 3. The van der Waals surface area contributed by atoms with Gasteiger partial charge in [0.1, 0.15) is 5.75 Å². The number of hydrogen-bond donors (Lipinski definition) is 1. The number of ether oxygens (including phenoxy) is 1. The quantitative estimate of drug-likeness (QED) is 0.695. The molecule has 2 N–H and O–H groups in total. The van der Waals surface area contributed by atoms with Gasteiger partial charge in [-0.2, -0.15) is 0 Å². The first kappa shape index (κ1) is 16.5. The van der Waals surface area contributed by atoms with Gasteiger partial charge in [0.05, 0.1) is 5.69 Å². The largest absolute Gasteiger partial charge is 0.484 e. The third-order valence-electron chi connectivity index (χ3n) is 3.60. The molecule has 0 bridgehead atoms. The number of nitrogens with two attached hydrogens (primary N) is 1. The minimum Gasteiger partial charge on any atom is -0.484 e. The molecule has 0 atom stereocenters. The van der Waals surface area contributed by atoms with Crippen molar-refractivity contribution >= 4 is 17.8 Å². The van der Waals surface area contributed by atoms with Gasteiger partial charge < -0.3 is 10.5 Å². The van der Waals surface area contributed by atoms with E-state index in [0.29, 0.717) is 5.75 Å². The highest BCUT2D eigenvalue weighted by molar-refractivity contribution is 5.82. The number of carbonyl (C=O) groups excluding carboxylic acids is 1. The summed E-state index contributed by atoms with van der Waals surface area (Å²) in [6.07, 6.45) is 1.79. The molecule has 4 heteroatoms. The Bertz CT molecular complexity index is 855. The molecule has 3 rings (SSSR count). The molecule has 4 nitrogen and oxygen atoms in total. The summed E-state index contributed by atoms with van der Waals surface area (Å²) in [7, 11) is 0. The van der Waals surface area contributed by atoms with Gasteiger partial charge in [-0.05, 0) is 53.1 Å². The molecule has 0 aliphatic rings. The SMILES string of the molecule is NC(=O)COc1ccc(C=Nc2ccc(-c3ccccc3)cc2)cc1. The Morgan fingerprint density at radius 1 is 0.880 bits per heavy atom. The van der Waals surface area contributed by atoms with Gasteiger partial charge in [-0.25, -0.2) is 0 Å². The number of amides is 1. The average Bonchev–Trinajstić information content (AvgIpc) is 2.66. The maximum Gasteiger partial charge on any atom is 0.255 e. The first-order valence-electron chi connectivity index (χ1n) is 7.91. The molecule has 3 aromatic rings. The lowest BCUT2D eigenvalue weighted by Gasteiger charge is -2.03. The van der Waals surface area contributed by atoms with Gasteiger partial charge in [-0.3, -0.25) is 9.79 Å².